The molecular weight excluding hydrogens is 159 g/mol. The quantitative estimate of drug-likeness (QED) is 0.618. The molecular formula is C7H4FN4. The maximum atomic E-state index is 12.6. The van der Waals surface area contributed by atoms with Crippen LogP contribution in [0.4, 0.5) is 4.39 Å². The van der Waals surface area contributed by atoms with Crippen molar-refractivity contribution in [3.05, 3.63) is 36.4 Å². The normalized spacial score (nSPS) is 10.1. The van der Waals surface area contributed by atoms with Gasteiger partial charge in [0.25, 0.3) is 0 Å². The molecule has 1 heterocycles. The Morgan fingerprint density at radius 3 is 3.08 bits per heavy atom. The zero-order chi connectivity index (χ0) is 8.39. The van der Waals surface area contributed by atoms with Gasteiger partial charge in [-0.2, -0.15) is 0 Å². The summed E-state index contributed by atoms with van der Waals surface area (Å²) in [7, 11) is 0. The molecule has 5 heteroatoms. The van der Waals surface area contributed by atoms with Gasteiger partial charge in [-0.1, -0.05) is 0 Å². The molecule has 2 rings (SSSR count). The Morgan fingerprint density at radius 1 is 1.50 bits per heavy atom. The molecule has 0 N–H and O–H groups in total. The maximum Gasteiger partial charge on any atom is 0.143 e. The van der Waals surface area contributed by atoms with Crippen LogP contribution in [0.2, 0.25) is 0 Å². The predicted octanol–water partition coefficient (Wildman–Crippen LogP) is 0.602. The Hall–Kier alpha value is -1.78. The molecule has 0 spiro atoms. The number of hydrogen-bond acceptors (Lipinski definition) is 3. The van der Waals surface area contributed by atoms with E-state index in [2.05, 4.69) is 21.6 Å². The summed E-state index contributed by atoms with van der Waals surface area (Å²) < 4.78 is 14.0. The molecule has 0 unspecified atom stereocenters. The smallest absolute Gasteiger partial charge is 0.143 e. The van der Waals surface area contributed by atoms with E-state index in [0.717, 1.165) is 0 Å². The predicted molar refractivity (Wildman–Crippen MR) is 37.9 cm³/mol. The lowest BCUT2D eigenvalue weighted by Gasteiger charge is -1.96. The third kappa shape index (κ3) is 1.16. The molecule has 59 valence electrons. The second-order valence-corrected chi connectivity index (χ2v) is 2.15. The Kier molecular flexibility index (Phi) is 1.55. The molecule has 1 radical (unpaired) electrons. The van der Waals surface area contributed by atoms with Crippen molar-refractivity contribution in [2.45, 2.75) is 0 Å². The van der Waals surface area contributed by atoms with Gasteiger partial charge in [0.15, 0.2) is 0 Å². The fraction of sp³-hybridized carbons (Fsp3) is 0. The standard InChI is InChI=1S/C7H4FN4/c8-6-2-1-3-7(4-6)12-5-9-10-11-12/h1,3-5H. The van der Waals surface area contributed by atoms with E-state index >= 15 is 0 Å². The molecule has 2 aromatic rings. The first-order valence-corrected chi connectivity index (χ1v) is 3.27. The molecule has 0 atom stereocenters. The van der Waals surface area contributed by atoms with Crippen molar-refractivity contribution in [3.63, 3.8) is 0 Å². The molecule has 1 aromatic carbocycles. The molecule has 0 aliphatic rings. The minimum Gasteiger partial charge on any atom is -0.206 e. The van der Waals surface area contributed by atoms with Crippen molar-refractivity contribution >= 4 is 0 Å². The lowest BCUT2D eigenvalue weighted by atomic mass is 10.3. The summed E-state index contributed by atoms with van der Waals surface area (Å²) in [6, 6.07) is 6.83. The van der Waals surface area contributed by atoms with Gasteiger partial charge in [-0.05, 0) is 22.6 Å². The number of aromatic nitrogens is 4. The summed E-state index contributed by atoms with van der Waals surface area (Å²) in [5, 5.41) is 10.5. The summed E-state index contributed by atoms with van der Waals surface area (Å²) in [6.07, 6.45) is 1.40. The van der Waals surface area contributed by atoms with Crippen molar-refractivity contribution in [1.29, 1.82) is 0 Å². The number of rotatable bonds is 1. The van der Waals surface area contributed by atoms with E-state index in [1.54, 1.807) is 6.07 Å². The third-order valence-corrected chi connectivity index (χ3v) is 1.36. The van der Waals surface area contributed by atoms with Crippen LogP contribution in [0, 0.1) is 11.9 Å². The van der Waals surface area contributed by atoms with Crippen molar-refractivity contribution in [2.24, 2.45) is 0 Å². The molecule has 0 aliphatic heterocycles. The van der Waals surface area contributed by atoms with Crippen molar-refractivity contribution < 1.29 is 4.39 Å². The Morgan fingerprint density at radius 2 is 2.42 bits per heavy atom. The van der Waals surface area contributed by atoms with Crippen LogP contribution >= 0.6 is 0 Å². The lowest BCUT2D eigenvalue weighted by molar-refractivity contribution is 0.622. The summed E-state index contributed by atoms with van der Waals surface area (Å²) in [5.41, 5.74) is 0.580. The molecule has 0 aliphatic carbocycles. The van der Waals surface area contributed by atoms with Gasteiger partial charge in [0.05, 0.1) is 5.69 Å². The first-order valence-electron chi connectivity index (χ1n) is 3.27. The van der Waals surface area contributed by atoms with Crippen molar-refractivity contribution in [3.8, 4) is 5.69 Å². The third-order valence-electron chi connectivity index (χ3n) is 1.36. The Balaban J connectivity index is 2.48. The zero-order valence-electron chi connectivity index (χ0n) is 5.98. The van der Waals surface area contributed by atoms with Gasteiger partial charge in [0, 0.05) is 12.1 Å². The fourth-order valence-electron chi connectivity index (χ4n) is 0.848. The number of halogens is 1. The van der Waals surface area contributed by atoms with Gasteiger partial charge < -0.3 is 0 Å². The molecule has 4 nitrogen and oxygen atoms in total. The zero-order valence-corrected chi connectivity index (χ0v) is 5.98. The molecule has 0 amide bonds. The summed E-state index contributed by atoms with van der Waals surface area (Å²) in [4.78, 5) is 0. The van der Waals surface area contributed by atoms with E-state index in [0.29, 0.717) is 5.69 Å². The number of tetrazole rings is 1. The number of nitrogens with zero attached hydrogens (tertiary/aromatic N) is 4. The Labute approximate surface area is 67.6 Å². The fourth-order valence-corrected chi connectivity index (χ4v) is 0.848. The first kappa shape index (κ1) is 6.90. The van der Waals surface area contributed by atoms with Crippen LogP contribution in [0.25, 0.3) is 5.69 Å². The van der Waals surface area contributed by atoms with Gasteiger partial charge in [-0.3, -0.25) is 0 Å². The van der Waals surface area contributed by atoms with Crippen molar-refractivity contribution in [2.75, 3.05) is 0 Å². The van der Waals surface area contributed by atoms with Crippen molar-refractivity contribution in [1.82, 2.24) is 20.2 Å². The van der Waals surface area contributed by atoms with Gasteiger partial charge in [-0.15, -0.1) is 5.10 Å². The van der Waals surface area contributed by atoms with E-state index in [9.17, 15) is 4.39 Å². The van der Waals surface area contributed by atoms with Crippen LogP contribution < -0.4 is 0 Å². The average Bonchev–Trinajstić information content (AvgIpc) is 2.56. The van der Waals surface area contributed by atoms with E-state index in [-0.39, 0.29) is 0 Å². The highest BCUT2D eigenvalue weighted by Crippen LogP contribution is 2.05. The lowest BCUT2D eigenvalue weighted by Crippen LogP contribution is -1.95. The largest absolute Gasteiger partial charge is 0.206 e. The minimum absolute atomic E-state index is 0.428. The van der Waals surface area contributed by atoms with Crippen LogP contribution in [0.1, 0.15) is 0 Å². The second-order valence-electron chi connectivity index (χ2n) is 2.15. The van der Waals surface area contributed by atoms with Gasteiger partial charge in [-0.25, -0.2) is 9.07 Å². The van der Waals surface area contributed by atoms with Gasteiger partial charge in [0.2, 0.25) is 0 Å². The second kappa shape index (κ2) is 2.69. The van der Waals surface area contributed by atoms with Gasteiger partial charge in [0.1, 0.15) is 12.1 Å². The number of hydrogen-bond donors (Lipinski definition) is 0. The van der Waals surface area contributed by atoms with Crippen LogP contribution in [-0.2, 0) is 0 Å². The van der Waals surface area contributed by atoms with Crippen LogP contribution in [-0.4, -0.2) is 20.2 Å². The molecule has 0 bridgehead atoms. The minimum atomic E-state index is -0.428. The van der Waals surface area contributed by atoms with E-state index in [1.807, 2.05) is 0 Å². The summed E-state index contributed by atoms with van der Waals surface area (Å²) >= 11 is 0. The SMILES string of the molecule is Fc1[c]ccc(-n2cnnn2)c1. The summed E-state index contributed by atoms with van der Waals surface area (Å²) in [6.45, 7) is 0. The maximum absolute atomic E-state index is 12.6. The Bertz CT molecular complexity index is 371. The highest BCUT2D eigenvalue weighted by molar-refractivity contribution is 5.29. The van der Waals surface area contributed by atoms with Crippen LogP contribution in [0.5, 0.6) is 0 Å². The van der Waals surface area contributed by atoms with E-state index < -0.39 is 5.82 Å². The first-order chi connectivity index (χ1) is 5.86. The molecule has 12 heavy (non-hydrogen) atoms. The van der Waals surface area contributed by atoms with Crippen LogP contribution in [0.15, 0.2) is 24.5 Å². The van der Waals surface area contributed by atoms with E-state index in [4.69, 9.17) is 0 Å². The van der Waals surface area contributed by atoms with Crippen LogP contribution in [0.3, 0.4) is 0 Å². The topological polar surface area (TPSA) is 43.6 Å². The molecule has 1 aromatic heterocycles. The highest BCUT2D eigenvalue weighted by atomic mass is 19.1. The monoisotopic (exact) mass is 163 g/mol. The molecule has 0 saturated heterocycles. The highest BCUT2D eigenvalue weighted by Gasteiger charge is 1.97. The number of benzene rings is 1. The summed E-state index contributed by atoms with van der Waals surface area (Å²) in [5.74, 6) is -0.428. The molecule has 0 fully saturated rings. The average molecular weight is 163 g/mol. The van der Waals surface area contributed by atoms with Gasteiger partial charge >= 0.3 is 0 Å². The molecule has 0 saturated carbocycles. The van der Waals surface area contributed by atoms with E-state index in [1.165, 1.54) is 23.1 Å².